The summed E-state index contributed by atoms with van der Waals surface area (Å²) in [5.74, 6) is -3.31. The lowest BCUT2D eigenvalue weighted by atomic mass is 10.0. The van der Waals surface area contributed by atoms with E-state index in [1.807, 2.05) is 26.7 Å². The molecule has 4 aliphatic heterocycles. The molecule has 2 aromatic heterocycles. The summed E-state index contributed by atoms with van der Waals surface area (Å²) in [6, 6.07) is 12.2. The molecule has 16 nitrogen and oxygen atoms in total. The van der Waals surface area contributed by atoms with Crippen LogP contribution in [0, 0.1) is 11.6 Å². The van der Waals surface area contributed by atoms with Crippen LogP contribution >= 0.6 is 0 Å². The van der Waals surface area contributed by atoms with Crippen LogP contribution in [-0.2, 0) is 20.9 Å². The van der Waals surface area contributed by atoms with Crippen molar-refractivity contribution in [3.63, 3.8) is 0 Å². The first-order chi connectivity index (χ1) is 32.1. The van der Waals surface area contributed by atoms with E-state index in [0.29, 0.717) is 86.0 Å². The number of morpholine rings is 1. The van der Waals surface area contributed by atoms with Crippen molar-refractivity contribution in [3.8, 4) is 22.4 Å². The molecule has 344 valence electrons. The molecule has 66 heavy (non-hydrogen) atoms. The number of carbonyl (C=O) groups is 5. The van der Waals surface area contributed by atoms with E-state index in [9.17, 15) is 24.0 Å². The molecule has 6 heterocycles. The third kappa shape index (κ3) is 9.51. The topological polar surface area (TPSA) is 184 Å². The molecular formula is C48H52F2N10O6. The zero-order valence-corrected chi connectivity index (χ0v) is 36.6. The fraction of sp³-hybridized carbons (Fsp3) is 0.417. The number of halogens is 2. The van der Waals surface area contributed by atoms with E-state index in [-0.39, 0.29) is 48.1 Å². The fourth-order valence-corrected chi connectivity index (χ4v) is 9.27. The second kappa shape index (κ2) is 19.8. The van der Waals surface area contributed by atoms with Crippen molar-refractivity contribution in [2.45, 2.75) is 76.4 Å². The average Bonchev–Trinajstić information content (AvgIpc) is 3.92. The zero-order chi connectivity index (χ0) is 45.7. The van der Waals surface area contributed by atoms with Crippen molar-refractivity contribution in [3.05, 3.63) is 95.4 Å². The van der Waals surface area contributed by atoms with E-state index >= 15 is 8.78 Å². The van der Waals surface area contributed by atoms with Crippen molar-refractivity contribution >= 4 is 46.4 Å². The van der Waals surface area contributed by atoms with Crippen LogP contribution in [-0.4, -0.2) is 123 Å². The Morgan fingerprint density at radius 1 is 0.818 bits per heavy atom. The second-order valence-corrected chi connectivity index (χ2v) is 17.3. The van der Waals surface area contributed by atoms with Gasteiger partial charge in [0.15, 0.2) is 0 Å². The highest BCUT2D eigenvalue weighted by molar-refractivity contribution is 6.25. The molecule has 3 fully saturated rings. The maximum Gasteiger partial charge on any atom is 0.317 e. The van der Waals surface area contributed by atoms with Gasteiger partial charge in [-0.25, -0.2) is 18.6 Å². The molecule has 0 radical (unpaired) electrons. The molecule has 1 atom stereocenters. The molecule has 3 saturated heterocycles. The standard InChI is InChI=1S/C48H52F2N10O6/c49-36-24-30(25-37(50)35(36)29-57-20-22-66-23-21-57)33-8-6-11-39-44(33)55-40(27-53-39)31-26-54-59(28-31)32-14-18-58(19-15-32)48(65)52-17-5-3-1-2-4-16-51-38-10-7-9-34-43(38)47(64)60(46(34)63)41-12-13-42(61)56-45(41)62/h6-11,24-28,32,41,51H,1-5,12-23,29H2,(H,52,65)(H,56,61,62). The second-order valence-electron chi connectivity index (χ2n) is 17.3. The van der Waals surface area contributed by atoms with Gasteiger partial charge in [-0.3, -0.25) is 44.0 Å². The van der Waals surface area contributed by atoms with Crippen LogP contribution in [0.1, 0.15) is 90.1 Å². The van der Waals surface area contributed by atoms with Gasteiger partial charge in [0.1, 0.15) is 17.7 Å². The van der Waals surface area contributed by atoms with Crippen molar-refractivity contribution in [1.29, 1.82) is 0 Å². The number of rotatable bonds is 15. The summed E-state index contributed by atoms with van der Waals surface area (Å²) in [5, 5.41) is 13.2. The first kappa shape index (κ1) is 44.5. The third-order valence-corrected chi connectivity index (χ3v) is 12.9. The number of imide groups is 2. The summed E-state index contributed by atoms with van der Waals surface area (Å²) in [6.45, 7) is 4.87. The summed E-state index contributed by atoms with van der Waals surface area (Å²) in [5.41, 5.74) is 4.55. The SMILES string of the molecule is O=C1CCC(N2C(=O)c3cccc(NCCCCCCCNC(=O)N4CCC(n5cc(-c6cnc7cccc(-c8cc(F)c(CN9CCOCC9)c(F)c8)c7n6)cn5)CC4)c3C2=O)C(=O)N1. The Morgan fingerprint density at radius 2 is 1.55 bits per heavy atom. The van der Waals surface area contributed by atoms with Crippen LogP contribution < -0.4 is 16.0 Å². The van der Waals surface area contributed by atoms with Gasteiger partial charge in [-0.15, -0.1) is 0 Å². The van der Waals surface area contributed by atoms with E-state index in [1.54, 1.807) is 42.7 Å². The monoisotopic (exact) mass is 902 g/mol. The molecule has 0 aliphatic carbocycles. The first-order valence-electron chi connectivity index (χ1n) is 22.8. The Hall–Kier alpha value is -6.66. The minimum Gasteiger partial charge on any atom is -0.384 e. The lowest BCUT2D eigenvalue weighted by Crippen LogP contribution is -2.54. The smallest absolute Gasteiger partial charge is 0.317 e. The Labute approximate surface area is 380 Å². The normalized spacial score (nSPS) is 18.2. The lowest BCUT2D eigenvalue weighted by molar-refractivity contribution is -0.136. The van der Waals surface area contributed by atoms with Gasteiger partial charge >= 0.3 is 6.03 Å². The van der Waals surface area contributed by atoms with E-state index in [4.69, 9.17) is 9.72 Å². The molecular weight excluding hydrogens is 851 g/mol. The number of para-hydroxylation sites is 1. The largest absolute Gasteiger partial charge is 0.384 e. The van der Waals surface area contributed by atoms with Gasteiger partial charge in [0, 0.05) is 80.8 Å². The highest BCUT2D eigenvalue weighted by Crippen LogP contribution is 2.34. The van der Waals surface area contributed by atoms with Crippen LogP contribution in [0.4, 0.5) is 19.3 Å². The molecule has 0 bridgehead atoms. The maximum absolute atomic E-state index is 15.4. The molecule has 3 N–H and O–H groups in total. The van der Waals surface area contributed by atoms with Crippen LogP contribution in [0.5, 0.6) is 0 Å². The maximum atomic E-state index is 15.4. The van der Waals surface area contributed by atoms with Crippen LogP contribution in [0.15, 0.2) is 67.1 Å². The Balaban J connectivity index is 0.699. The van der Waals surface area contributed by atoms with E-state index in [2.05, 4.69) is 26.0 Å². The number of unbranched alkanes of at least 4 members (excludes halogenated alkanes) is 4. The van der Waals surface area contributed by atoms with Gasteiger partial charge in [0.25, 0.3) is 11.8 Å². The molecule has 3 aromatic carbocycles. The number of piperidine rings is 2. The summed E-state index contributed by atoms with van der Waals surface area (Å²) >= 11 is 0. The van der Waals surface area contributed by atoms with E-state index in [0.717, 1.165) is 55.4 Å². The third-order valence-electron chi connectivity index (χ3n) is 12.9. The lowest BCUT2D eigenvalue weighted by Gasteiger charge is -2.32. The van der Waals surface area contributed by atoms with Crippen LogP contribution in [0.3, 0.4) is 0 Å². The minimum atomic E-state index is -1.01. The predicted octanol–water partition coefficient (Wildman–Crippen LogP) is 6.08. The number of hydrogen-bond donors (Lipinski definition) is 3. The van der Waals surface area contributed by atoms with Gasteiger partial charge in [0.2, 0.25) is 11.8 Å². The number of amides is 6. The highest BCUT2D eigenvalue weighted by Gasteiger charge is 2.45. The van der Waals surface area contributed by atoms with Crippen LogP contribution in [0.25, 0.3) is 33.4 Å². The number of hydrogen-bond acceptors (Lipinski definition) is 11. The number of aromatic nitrogens is 4. The average molecular weight is 903 g/mol. The first-order valence-corrected chi connectivity index (χ1v) is 22.8. The van der Waals surface area contributed by atoms with Gasteiger partial charge in [-0.2, -0.15) is 5.10 Å². The van der Waals surface area contributed by atoms with Crippen molar-refractivity contribution in [2.24, 2.45) is 0 Å². The number of carbonyl (C=O) groups excluding carboxylic acids is 5. The molecule has 18 heteroatoms. The quantitative estimate of drug-likeness (QED) is 0.0818. The van der Waals surface area contributed by atoms with Crippen molar-refractivity contribution < 1.29 is 37.5 Å². The Kier molecular flexibility index (Phi) is 13.4. The molecule has 0 spiro atoms. The van der Waals surface area contributed by atoms with E-state index in [1.165, 1.54) is 12.1 Å². The number of anilines is 1. The number of ether oxygens (including phenoxy) is 1. The van der Waals surface area contributed by atoms with Crippen LogP contribution in [0.2, 0.25) is 0 Å². The van der Waals surface area contributed by atoms with Gasteiger partial charge in [-0.05, 0) is 68.0 Å². The number of nitrogens with one attached hydrogen (secondary N) is 3. The predicted molar refractivity (Wildman–Crippen MR) is 240 cm³/mol. The summed E-state index contributed by atoms with van der Waals surface area (Å²) < 4.78 is 38.1. The van der Waals surface area contributed by atoms with Crippen molar-refractivity contribution in [1.82, 2.24) is 45.1 Å². The van der Waals surface area contributed by atoms with E-state index < -0.39 is 41.3 Å². The van der Waals surface area contributed by atoms with Crippen molar-refractivity contribution in [2.75, 3.05) is 57.8 Å². The summed E-state index contributed by atoms with van der Waals surface area (Å²) in [4.78, 5) is 77.8. The number of urea groups is 1. The minimum absolute atomic E-state index is 0.0399. The molecule has 4 aliphatic rings. The fourth-order valence-electron chi connectivity index (χ4n) is 9.27. The summed E-state index contributed by atoms with van der Waals surface area (Å²) in [6.07, 6.45) is 11.6. The number of likely N-dealkylation sites (tertiary alicyclic amines) is 1. The van der Waals surface area contributed by atoms with Gasteiger partial charge < -0.3 is 20.3 Å². The molecule has 1 unspecified atom stereocenters. The zero-order valence-electron chi connectivity index (χ0n) is 36.6. The highest BCUT2D eigenvalue weighted by atomic mass is 19.1. The van der Waals surface area contributed by atoms with Gasteiger partial charge in [-0.1, -0.05) is 37.5 Å². The molecule has 5 aromatic rings. The number of fused-ring (bicyclic) bond motifs is 2. The molecule has 0 saturated carbocycles. The number of benzene rings is 3. The molecule has 6 amide bonds. The summed E-state index contributed by atoms with van der Waals surface area (Å²) in [7, 11) is 0. The number of nitrogens with zero attached hydrogens (tertiary/aromatic N) is 7. The Bertz CT molecular complexity index is 2640. The molecule has 9 rings (SSSR count). The van der Waals surface area contributed by atoms with Gasteiger partial charge in [0.05, 0.1) is 59.5 Å². The Morgan fingerprint density at radius 3 is 2.32 bits per heavy atom.